The van der Waals surface area contributed by atoms with E-state index in [1.807, 2.05) is 0 Å². The molecule has 0 radical (unpaired) electrons. The maximum Gasteiger partial charge on any atom is 0.328 e. The second-order valence-electron chi connectivity index (χ2n) is 8.08. The van der Waals surface area contributed by atoms with Gasteiger partial charge in [0.15, 0.2) is 0 Å². The van der Waals surface area contributed by atoms with Crippen LogP contribution in [0.25, 0.3) is 0 Å². The van der Waals surface area contributed by atoms with Crippen LogP contribution in [0.4, 0.5) is 10.5 Å². The lowest BCUT2D eigenvalue weighted by atomic mass is 10.1. The summed E-state index contributed by atoms with van der Waals surface area (Å²) in [5.41, 5.74) is 3.50. The Kier molecular flexibility index (Phi) is 4.63. The van der Waals surface area contributed by atoms with E-state index in [4.69, 9.17) is 0 Å². The van der Waals surface area contributed by atoms with Gasteiger partial charge in [0.25, 0.3) is 5.91 Å². The van der Waals surface area contributed by atoms with Crippen molar-refractivity contribution in [3.05, 3.63) is 29.3 Å². The second-order valence-corrected chi connectivity index (χ2v) is 8.08. The first-order chi connectivity index (χ1) is 13.3. The van der Waals surface area contributed by atoms with E-state index in [0.29, 0.717) is 0 Å². The number of hydrogen-bond donors (Lipinski definition) is 1. The summed E-state index contributed by atoms with van der Waals surface area (Å²) in [5, 5.41) is 3.49. The lowest BCUT2D eigenvalue weighted by molar-refractivity contribution is -0.141. The number of urea groups is 1. The summed E-state index contributed by atoms with van der Waals surface area (Å²) < 4.78 is 0. The molecular weight excluding hydrogens is 358 g/mol. The highest BCUT2D eigenvalue weighted by Crippen LogP contribution is 2.33. The zero-order valence-corrected chi connectivity index (χ0v) is 16.8. The number of aryl methyl sites for hydroxylation is 2. The number of likely N-dealkylation sites (N-methyl/N-ethyl adjacent to an activating group) is 1. The van der Waals surface area contributed by atoms with Crippen molar-refractivity contribution < 1.29 is 14.4 Å². The van der Waals surface area contributed by atoms with Crippen molar-refractivity contribution in [2.75, 3.05) is 31.6 Å². The Morgan fingerprint density at radius 2 is 1.82 bits per heavy atom. The fourth-order valence-electron chi connectivity index (χ4n) is 4.67. The Balaban J connectivity index is 1.67. The molecule has 3 saturated heterocycles. The van der Waals surface area contributed by atoms with Crippen LogP contribution in [0.15, 0.2) is 18.2 Å². The molecule has 0 saturated carbocycles. The van der Waals surface area contributed by atoms with Crippen LogP contribution in [0.1, 0.15) is 24.5 Å². The first kappa shape index (κ1) is 18.9. The minimum atomic E-state index is -0.485. The van der Waals surface area contributed by atoms with Crippen LogP contribution < -0.4 is 10.2 Å². The van der Waals surface area contributed by atoms with Gasteiger partial charge in [0.2, 0.25) is 0 Å². The minimum absolute atomic E-state index is 0.165. The van der Waals surface area contributed by atoms with Gasteiger partial charge in [-0.15, -0.1) is 0 Å². The number of fused-ring (bicyclic) bond motifs is 3. The van der Waals surface area contributed by atoms with Crippen molar-refractivity contribution in [1.82, 2.24) is 20.0 Å². The second kappa shape index (κ2) is 6.86. The predicted molar refractivity (Wildman–Crippen MR) is 105 cm³/mol. The van der Waals surface area contributed by atoms with Crippen LogP contribution in [0.2, 0.25) is 0 Å². The van der Waals surface area contributed by atoms with Gasteiger partial charge in [0.05, 0.1) is 6.54 Å². The first-order valence-electron chi connectivity index (χ1n) is 9.72. The van der Waals surface area contributed by atoms with Crippen LogP contribution >= 0.6 is 0 Å². The molecule has 0 bridgehead atoms. The van der Waals surface area contributed by atoms with Crippen LogP contribution in [0.5, 0.6) is 0 Å². The number of ketones is 1. The van der Waals surface area contributed by atoms with Gasteiger partial charge in [-0.1, -0.05) is 6.07 Å². The summed E-state index contributed by atoms with van der Waals surface area (Å²) >= 11 is 0. The maximum absolute atomic E-state index is 13.1. The highest BCUT2D eigenvalue weighted by Gasteiger charge is 2.56. The largest absolute Gasteiger partial charge is 0.343 e. The molecule has 1 aromatic rings. The molecule has 8 heteroatoms. The van der Waals surface area contributed by atoms with Crippen molar-refractivity contribution in [1.29, 1.82) is 0 Å². The number of nitrogens with one attached hydrogen (secondary N) is 1. The summed E-state index contributed by atoms with van der Waals surface area (Å²) in [6.07, 6.45) is 0.354. The molecule has 3 atom stereocenters. The Hall–Kier alpha value is -2.45. The van der Waals surface area contributed by atoms with E-state index in [9.17, 15) is 14.4 Å². The molecule has 3 heterocycles. The maximum atomic E-state index is 13.1. The zero-order valence-electron chi connectivity index (χ0n) is 16.8. The summed E-state index contributed by atoms with van der Waals surface area (Å²) in [6, 6.07) is 5.54. The molecule has 28 heavy (non-hydrogen) atoms. The number of imide groups is 1. The molecule has 4 rings (SSSR count). The van der Waals surface area contributed by atoms with Crippen LogP contribution in [0, 0.1) is 13.8 Å². The van der Waals surface area contributed by atoms with E-state index in [1.54, 1.807) is 11.9 Å². The topological polar surface area (TPSA) is 76.2 Å². The number of Topliss-reactive ketones (excluding diaryl/α,β-unsaturated/α-hetero) is 1. The number of hydrogen-bond acceptors (Lipinski definition) is 6. The number of benzene rings is 1. The molecular formula is C20H27N5O3. The van der Waals surface area contributed by atoms with E-state index in [1.165, 1.54) is 18.1 Å². The van der Waals surface area contributed by atoms with Gasteiger partial charge in [-0.05, 0) is 50.5 Å². The normalized spacial score (nSPS) is 27.9. The third kappa shape index (κ3) is 2.97. The average Bonchev–Trinajstić information content (AvgIpc) is 3.02. The number of carbonyl (C=O) groups excluding carboxylic acids is 3. The summed E-state index contributed by atoms with van der Waals surface area (Å²) in [6.45, 7) is 7.02. The van der Waals surface area contributed by atoms with Gasteiger partial charge >= 0.3 is 6.03 Å². The van der Waals surface area contributed by atoms with Gasteiger partial charge in [0.1, 0.15) is 24.3 Å². The van der Waals surface area contributed by atoms with Crippen molar-refractivity contribution in [3.8, 4) is 0 Å². The highest BCUT2D eigenvalue weighted by molar-refractivity contribution is 6.03. The van der Waals surface area contributed by atoms with Gasteiger partial charge in [-0.2, -0.15) is 0 Å². The Bertz CT molecular complexity index is 821. The molecule has 0 aliphatic carbocycles. The quantitative estimate of drug-likeness (QED) is 0.833. The SMILES string of the molecule is CC(=O)CN1C(=O)C2C(NC3N(c4cc(C)cc(C)c4)CCCN23)N(C)C1=O. The fraction of sp³-hybridized carbons (Fsp3) is 0.550. The fourth-order valence-corrected chi connectivity index (χ4v) is 4.67. The van der Waals surface area contributed by atoms with Gasteiger partial charge in [0, 0.05) is 25.8 Å². The van der Waals surface area contributed by atoms with Gasteiger partial charge in [-0.25, -0.2) is 4.79 Å². The first-order valence-corrected chi connectivity index (χ1v) is 9.72. The number of nitrogens with zero attached hydrogens (tertiary/aromatic N) is 4. The summed E-state index contributed by atoms with van der Waals surface area (Å²) in [7, 11) is 1.69. The average molecular weight is 385 g/mol. The third-order valence-corrected chi connectivity index (χ3v) is 5.79. The van der Waals surface area contributed by atoms with Crippen molar-refractivity contribution in [3.63, 3.8) is 0 Å². The minimum Gasteiger partial charge on any atom is -0.343 e. The van der Waals surface area contributed by atoms with Gasteiger partial charge < -0.3 is 9.80 Å². The monoisotopic (exact) mass is 385 g/mol. The van der Waals surface area contributed by atoms with Gasteiger partial charge in [-0.3, -0.25) is 24.7 Å². The van der Waals surface area contributed by atoms with Crippen molar-refractivity contribution in [2.45, 2.75) is 45.7 Å². The highest BCUT2D eigenvalue weighted by atomic mass is 16.2. The number of carbonyl (C=O) groups is 3. The van der Waals surface area contributed by atoms with E-state index >= 15 is 0 Å². The smallest absolute Gasteiger partial charge is 0.328 e. The molecule has 0 spiro atoms. The molecule has 3 amide bonds. The van der Waals surface area contributed by atoms with E-state index in [-0.39, 0.29) is 24.5 Å². The Morgan fingerprint density at radius 3 is 2.46 bits per heavy atom. The molecule has 1 aromatic carbocycles. The molecule has 1 N–H and O–H groups in total. The van der Waals surface area contributed by atoms with E-state index in [2.05, 4.69) is 47.2 Å². The van der Waals surface area contributed by atoms with Crippen molar-refractivity contribution >= 4 is 23.4 Å². The number of amides is 3. The standard InChI is InChI=1S/C20H27N5O3/c1-12-8-13(2)10-15(9-12)23-6-5-7-24-16-17(21-19(23)24)22(4)20(28)25(18(16)27)11-14(3)26/h8-10,16-17,19,21H,5-7,11H2,1-4H3. The summed E-state index contributed by atoms with van der Waals surface area (Å²) in [5.74, 6) is -0.493. The van der Waals surface area contributed by atoms with Crippen LogP contribution in [-0.2, 0) is 9.59 Å². The summed E-state index contributed by atoms with van der Waals surface area (Å²) in [4.78, 5) is 44.4. The molecule has 3 aliphatic heterocycles. The van der Waals surface area contributed by atoms with E-state index in [0.717, 1.165) is 30.1 Å². The molecule has 3 aliphatic rings. The lowest BCUT2D eigenvalue weighted by Crippen LogP contribution is -2.66. The molecule has 8 nitrogen and oxygen atoms in total. The van der Waals surface area contributed by atoms with Crippen LogP contribution in [-0.4, -0.2) is 77.6 Å². The third-order valence-electron chi connectivity index (χ3n) is 5.79. The predicted octanol–water partition coefficient (Wildman–Crippen LogP) is 0.880. The van der Waals surface area contributed by atoms with E-state index < -0.39 is 18.2 Å². The zero-order chi connectivity index (χ0) is 20.2. The Morgan fingerprint density at radius 1 is 1.14 bits per heavy atom. The number of anilines is 1. The van der Waals surface area contributed by atoms with Crippen LogP contribution in [0.3, 0.4) is 0 Å². The lowest BCUT2D eigenvalue weighted by Gasteiger charge is -2.43. The Labute approximate surface area is 165 Å². The molecule has 0 aromatic heterocycles. The molecule has 3 fully saturated rings. The molecule has 3 unspecified atom stereocenters. The number of rotatable bonds is 3. The van der Waals surface area contributed by atoms with Crippen molar-refractivity contribution in [2.24, 2.45) is 0 Å². The molecule has 150 valence electrons.